The van der Waals surface area contributed by atoms with Gasteiger partial charge in [-0.1, -0.05) is 15.9 Å². The molecule has 0 aliphatic carbocycles. The summed E-state index contributed by atoms with van der Waals surface area (Å²) in [6.07, 6.45) is 1.68. The molecule has 0 saturated carbocycles. The Kier molecular flexibility index (Phi) is 4.76. The SMILES string of the molecule is O=C(O)C1CCCCN1C(=O)Nc1c(F)cc(Br)cc1F. The van der Waals surface area contributed by atoms with E-state index < -0.39 is 35.4 Å². The monoisotopic (exact) mass is 362 g/mol. The van der Waals surface area contributed by atoms with Gasteiger partial charge >= 0.3 is 12.0 Å². The first-order valence-electron chi connectivity index (χ1n) is 6.35. The molecule has 1 saturated heterocycles. The van der Waals surface area contributed by atoms with Gasteiger partial charge in [-0.3, -0.25) is 0 Å². The Morgan fingerprint density at radius 1 is 1.29 bits per heavy atom. The average Bonchev–Trinajstić information content (AvgIpc) is 2.42. The zero-order chi connectivity index (χ0) is 15.6. The largest absolute Gasteiger partial charge is 0.480 e. The number of halogens is 3. The summed E-state index contributed by atoms with van der Waals surface area (Å²) in [5.41, 5.74) is -0.585. The van der Waals surface area contributed by atoms with Gasteiger partial charge in [0, 0.05) is 11.0 Å². The number of carbonyl (C=O) groups excluding carboxylic acids is 1. The quantitative estimate of drug-likeness (QED) is 0.848. The molecule has 21 heavy (non-hydrogen) atoms. The third kappa shape index (κ3) is 3.49. The van der Waals surface area contributed by atoms with E-state index in [0.717, 1.165) is 17.0 Å². The predicted octanol–water partition coefficient (Wildman–Crippen LogP) is 3.20. The van der Waals surface area contributed by atoms with E-state index in [4.69, 9.17) is 5.11 Å². The van der Waals surface area contributed by atoms with E-state index in [0.29, 0.717) is 19.3 Å². The number of carbonyl (C=O) groups is 2. The number of benzene rings is 1. The Labute approximate surface area is 128 Å². The molecule has 1 aliphatic rings. The Balaban J connectivity index is 2.19. The van der Waals surface area contributed by atoms with Crippen LogP contribution in [-0.2, 0) is 4.79 Å². The zero-order valence-electron chi connectivity index (χ0n) is 10.9. The Hall–Kier alpha value is -1.70. The first-order chi connectivity index (χ1) is 9.90. The van der Waals surface area contributed by atoms with Gasteiger partial charge in [-0.15, -0.1) is 0 Å². The van der Waals surface area contributed by atoms with Crippen LogP contribution in [0.1, 0.15) is 19.3 Å². The van der Waals surface area contributed by atoms with Crippen LogP contribution in [0.25, 0.3) is 0 Å². The highest BCUT2D eigenvalue weighted by Gasteiger charge is 2.32. The molecule has 2 amide bonds. The van der Waals surface area contributed by atoms with Crippen LogP contribution >= 0.6 is 15.9 Å². The molecule has 1 aromatic rings. The second-order valence-electron chi connectivity index (χ2n) is 4.72. The first kappa shape index (κ1) is 15.7. The number of carboxylic acids is 1. The van der Waals surface area contributed by atoms with Crippen molar-refractivity contribution in [3.63, 3.8) is 0 Å². The van der Waals surface area contributed by atoms with Gasteiger partial charge in [0.1, 0.15) is 11.7 Å². The van der Waals surface area contributed by atoms with E-state index in [1.165, 1.54) is 0 Å². The highest BCUT2D eigenvalue weighted by atomic mass is 79.9. The smallest absolute Gasteiger partial charge is 0.326 e. The fourth-order valence-corrected chi connectivity index (χ4v) is 2.67. The van der Waals surface area contributed by atoms with Crippen molar-refractivity contribution >= 4 is 33.6 Å². The van der Waals surface area contributed by atoms with Gasteiger partial charge in [0.25, 0.3) is 0 Å². The minimum Gasteiger partial charge on any atom is -0.480 e. The summed E-state index contributed by atoms with van der Waals surface area (Å²) in [6, 6.07) is 0.246. The summed E-state index contributed by atoms with van der Waals surface area (Å²) in [4.78, 5) is 24.3. The lowest BCUT2D eigenvalue weighted by molar-refractivity contribution is -0.143. The number of nitrogens with one attached hydrogen (secondary N) is 1. The molecule has 0 spiro atoms. The van der Waals surface area contributed by atoms with Gasteiger partial charge in [-0.25, -0.2) is 18.4 Å². The fourth-order valence-electron chi connectivity index (χ4n) is 2.27. The maximum absolute atomic E-state index is 13.7. The second-order valence-corrected chi connectivity index (χ2v) is 5.63. The van der Waals surface area contributed by atoms with Gasteiger partial charge in [0.05, 0.1) is 0 Å². The molecule has 8 heteroatoms. The Morgan fingerprint density at radius 2 is 1.90 bits per heavy atom. The van der Waals surface area contributed by atoms with Crippen molar-refractivity contribution in [1.82, 2.24) is 4.90 Å². The molecule has 1 heterocycles. The van der Waals surface area contributed by atoms with E-state index in [2.05, 4.69) is 21.2 Å². The van der Waals surface area contributed by atoms with Crippen LogP contribution in [0.5, 0.6) is 0 Å². The number of aliphatic carboxylic acids is 1. The number of rotatable bonds is 2. The van der Waals surface area contributed by atoms with Gasteiger partial charge < -0.3 is 15.3 Å². The Bertz CT molecular complexity index is 560. The van der Waals surface area contributed by atoms with Crippen molar-refractivity contribution in [2.24, 2.45) is 0 Å². The number of piperidine rings is 1. The number of hydrogen-bond acceptors (Lipinski definition) is 2. The number of carboxylic acid groups (broad SMARTS) is 1. The molecular weight excluding hydrogens is 350 g/mol. The molecule has 0 bridgehead atoms. The van der Waals surface area contributed by atoms with Crippen molar-refractivity contribution < 1.29 is 23.5 Å². The molecule has 1 atom stereocenters. The number of anilines is 1. The first-order valence-corrected chi connectivity index (χ1v) is 7.14. The maximum Gasteiger partial charge on any atom is 0.326 e. The van der Waals surface area contributed by atoms with Crippen molar-refractivity contribution in [2.75, 3.05) is 11.9 Å². The summed E-state index contributed by atoms with van der Waals surface area (Å²) in [5.74, 6) is -2.99. The number of urea groups is 1. The minimum atomic E-state index is -1.12. The van der Waals surface area contributed by atoms with Crippen LogP contribution in [0, 0.1) is 11.6 Å². The molecule has 1 fully saturated rings. The molecule has 0 radical (unpaired) electrons. The van der Waals surface area contributed by atoms with Gasteiger partial charge in [0.15, 0.2) is 11.6 Å². The summed E-state index contributed by atoms with van der Waals surface area (Å²) >= 11 is 2.94. The third-order valence-corrected chi connectivity index (χ3v) is 3.75. The molecule has 0 aromatic heterocycles. The molecule has 5 nitrogen and oxygen atoms in total. The molecule has 2 N–H and O–H groups in total. The predicted molar refractivity (Wildman–Crippen MR) is 75.1 cm³/mol. The van der Waals surface area contributed by atoms with Crippen molar-refractivity contribution in [3.8, 4) is 0 Å². The van der Waals surface area contributed by atoms with Gasteiger partial charge in [0.2, 0.25) is 0 Å². The van der Waals surface area contributed by atoms with Crippen LogP contribution < -0.4 is 5.32 Å². The van der Waals surface area contributed by atoms with Crippen LogP contribution in [0.4, 0.5) is 19.3 Å². The summed E-state index contributed by atoms with van der Waals surface area (Å²) in [5, 5.41) is 11.2. The van der Waals surface area contributed by atoms with Gasteiger partial charge in [-0.2, -0.15) is 0 Å². The van der Waals surface area contributed by atoms with E-state index >= 15 is 0 Å². The summed E-state index contributed by atoms with van der Waals surface area (Å²) in [6.45, 7) is 0.239. The van der Waals surface area contributed by atoms with Crippen molar-refractivity contribution in [3.05, 3.63) is 28.2 Å². The molecule has 1 aliphatic heterocycles. The molecular formula is C13H13BrF2N2O3. The lowest BCUT2D eigenvalue weighted by Gasteiger charge is -2.32. The van der Waals surface area contributed by atoms with E-state index in [-0.39, 0.29) is 11.0 Å². The van der Waals surface area contributed by atoms with Crippen molar-refractivity contribution in [1.29, 1.82) is 0 Å². The molecule has 2 rings (SSSR count). The molecule has 114 valence electrons. The van der Waals surface area contributed by atoms with Crippen molar-refractivity contribution in [2.45, 2.75) is 25.3 Å². The maximum atomic E-state index is 13.7. The Morgan fingerprint density at radius 3 is 2.48 bits per heavy atom. The summed E-state index contributed by atoms with van der Waals surface area (Å²) < 4.78 is 27.6. The highest BCUT2D eigenvalue weighted by Crippen LogP contribution is 2.25. The molecule has 1 aromatic carbocycles. The zero-order valence-corrected chi connectivity index (χ0v) is 12.5. The summed E-state index contributed by atoms with van der Waals surface area (Å²) in [7, 11) is 0. The van der Waals surface area contributed by atoms with E-state index in [9.17, 15) is 18.4 Å². The number of amides is 2. The number of likely N-dealkylation sites (tertiary alicyclic amines) is 1. The number of nitrogens with zero attached hydrogens (tertiary/aromatic N) is 1. The van der Waals surface area contributed by atoms with Crippen LogP contribution in [0.3, 0.4) is 0 Å². The lowest BCUT2D eigenvalue weighted by Crippen LogP contribution is -2.49. The number of hydrogen-bond donors (Lipinski definition) is 2. The van der Waals surface area contributed by atoms with Crippen LogP contribution in [0.15, 0.2) is 16.6 Å². The van der Waals surface area contributed by atoms with E-state index in [1.807, 2.05) is 0 Å². The van der Waals surface area contributed by atoms with E-state index in [1.54, 1.807) is 0 Å². The molecule has 1 unspecified atom stereocenters. The highest BCUT2D eigenvalue weighted by molar-refractivity contribution is 9.10. The standard InChI is InChI=1S/C13H13BrF2N2O3/c14-7-5-8(15)11(9(16)6-7)17-13(21)18-4-2-1-3-10(18)12(19)20/h5-6,10H,1-4H2,(H,17,21)(H,19,20). The average molecular weight is 363 g/mol. The fraction of sp³-hybridized carbons (Fsp3) is 0.385. The lowest BCUT2D eigenvalue weighted by atomic mass is 10.0. The topological polar surface area (TPSA) is 69.6 Å². The van der Waals surface area contributed by atoms with Crippen LogP contribution in [0.2, 0.25) is 0 Å². The van der Waals surface area contributed by atoms with Gasteiger partial charge in [-0.05, 0) is 31.4 Å². The third-order valence-electron chi connectivity index (χ3n) is 3.29. The second kappa shape index (κ2) is 6.38. The normalized spacial score (nSPS) is 18.4. The minimum absolute atomic E-state index is 0.205. The van der Waals surface area contributed by atoms with Crippen LogP contribution in [-0.4, -0.2) is 34.6 Å².